The van der Waals surface area contributed by atoms with Gasteiger partial charge in [0.2, 0.25) is 0 Å². The van der Waals surface area contributed by atoms with Crippen LogP contribution in [0.3, 0.4) is 0 Å². The smallest absolute Gasteiger partial charge is 0.304 e. The van der Waals surface area contributed by atoms with Crippen molar-refractivity contribution in [3.05, 3.63) is 42.2 Å². The molecule has 0 aliphatic carbocycles. The molecule has 29 heavy (non-hydrogen) atoms. The molecule has 0 fully saturated rings. The SMILES string of the molecule is [B]c1ccc(Sc2c3n(c4nccc(S(C)(=O)=O)c24)CCCC3CC(=O)O)cc1. The minimum atomic E-state index is -3.49. The van der Waals surface area contributed by atoms with Gasteiger partial charge in [0.25, 0.3) is 0 Å². The molecule has 3 aromatic rings. The van der Waals surface area contributed by atoms with Gasteiger partial charge in [0.05, 0.1) is 16.7 Å². The van der Waals surface area contributed by atoms with Crippen LogP contribution in [0.15, 0.2) is 51.2 Å². The Bertz CT molecular complexity index is 1200. The maximum Gasteiger partial charge on any atom is 0.304 e. The molecule has 0 spiro atoms. The Morgan fingerprint density at radius 2 is 2.03 bits per heavy atom. The molecule has 9 heteroatoms. The molecule has 1 unspecified atom stereocenters. The van der Waals surface area contributed by atoms with Crippen LogP contribution in [-0.2, 0) is 21.2 Å². The quantitative estimate of drug-likeness (QED) is 0.632. The zero-order valence-electron chi connectivity index (χ0n) is 15.8. The minimum Gasteiger partial charge on any atom is -0.481 e. The molecule has 0 bridgehead atoms. The third kappa shape index (κ3) is 3.81. The van der Waals surface area contributed by atoms with E-state index in [1.54, 1.807) is 12.1 Å². The number of hydrogen-bond acceptors (Lipinski definition) is 5. The van der Waals surface area contributed by atoms with E-state index >= 15 is 0 Å². The summed E-state index contributed by atoms with van der Waals surface area (Å²) >= 11 is 1.43. The Balaban J connectivity index is 2.01. The lowest BCUT2D eigenvalue weighted by molar-refractivity contribution is -0.137. The molecule has 1 N–H and O–H groups in total. The summed E-state index contributed by atoms with van der Waals surface area (Å²) in [5, 5.41) is 9.99. The fraction of sp³-hybridized carbons (Fsp3) is 0.300. The van der Waals surface area contributed by atoms with Crippen LogP contribution < -0.4 is 5.46 Å². The first-order chi connectivity index (χ1) is 13.8. The van der Waals surface area contributed by atoms with E-state index in [1.165, 1.54) is 30.3 Å². The Hall–Kier alpha value is -2.26. The molecule has 6 nitrogen and oxygen atoms in total. The van der Waals surface area contributed by atoms with E-state index < -0.39 is 15.8 Å². The van der Waals surface area contributed by atoms with Gasteiger partial charge in [0.1, 0.15) is 13.5 Å². The predicted molar refractivity (Wildman–Crippen MR) is 113 cm³/mol. The van der Waals surface area contributed by atoms with E-state index in [9.17, 15) is 18.3 Å². The van der Waals surface area contributed by atoms with E-state index in [-0.39, 0.29) is 17.2 Å². The summed E-state index contributed by atoms with van der Waals surface area (Å²) in [5.41, 5.74) is 2.09. The summed E-state index contributed by atoms with van der Waals surface area (Å²) in [6.45, 7) is 0.685. The zero-order chi connectivity index (χ0) is 20.8. The molecule has 4 rings (SSSR count). The standard InChI is InChI=1S/C20H19BN2O4S2/c1-29(26,27)15-8-9-22-20-17(15)19(28-14-6-4-13(21)5-7-14)18-12(11-16(24)25)3-2-10-23(18)20/h4-9,12H,2-3,10-11H2,1H3,(H,24,25). The number of aliphatic carboxylic acids is 1. The minimum absolute atomic E-state index is 0.000171. The lowest BCUT2D eigenvalue weighted by atomic mass is 9.93. The van der Waals surface area contributed by atoms with Crippen molar-refractivity contribution in [3.8, 4) is 0 Å². The second-order valence-corrected chi connectivity index (χ2v) is 10.3. The number of carbonyl (C=O) groups is 1. The highest BCUT2D eigenvalue weighted by molar-refractivity contribution is 7.99. The summed E-state index contributed by atoms with van der Waals surface area (Å²) in [6, 6.07) is 8.85. The average molecular weight is 426 g/mol. The van der Waals surface area contributed by atoms with Crippen molar-refractivity contribution in [1.82, 2.24) is 9.55 Å². The summed E-state index contributed by atoms with van der Waals surface area (Å²) in [4.78, 5) is 17.8. The van der Waals surface area contributed by atoms with Crippen LogP contribution in [0.2, 0.25) is 0 Å². The Morgan fingerprint density at radius 1 is 1.31 bits per heavy atom. The number of carboxylic acids is 1. The number of hydrogen-bond donors (Lipinski definition) is 1. The van der Waals surface area contributed by atoms with Crippen LogP contribution >= 0.6 is 11.8 Å². The van der Waals surface area contributed by atoms with Crippen molar-refractivity contribution in [2.45, 2.75) is 46.4 Å². The number of sulfone groups is 1. The van der Waals surface area contributed by atoms with Gasteiger partial charge in [-0.3, -0.25) is 4.79 Å². The van der Waals surface area contributed by atoms with E-state index in [0.29, 0.717) is 23.0 Å². The highest BCUT2D eigenvalue weighted by atomic mass is 32.2. The molecule has 0 saturated carbocycles. The number of aromatic nitrogens is 2. The molecule has 2 aromatic heterocycles. The van der Waals surface area contributed by atoms with Gasteiger partial charge in [-0.15, -0.1) is 0 Å². The summed E-state index contributed by atoms with van der Waals surface area (Å²) in [5.74, 6) is -1.06. The Labute approximate surface area is 174 Å². The lowest BCUT2D eigenvalue weighted by Crippen LogP contribution is -2.18. The third-order valence-corrected chi connectivity index (χ3v) is 7.40. The number of nitrogens with zero attached hydrogens (tertiary/aromatic N) is 2. The fourth-order valence-electron chi connectivity index (χ4n) is 3.96. The highest BCUT2D eigenvalue weighted by Crippen LogP contribution is 2.46. The van der Waals surface area contributed by atoms with Gasteiger partial charge in [0.15, 0.2) is 9.84 Å². The number of pyridine rings is 1. The van der Waals surface area contributed by atoms with Crippen molar-refractivity contribution >= 4 is 51.9 Å². The third-order valence-electron chi connectivity index (χ3n) is 5.14. The van der Waals surface area contributed by atoms with Crippen LogP contribution in [0.1, 0.15) is 30.9 Å². The molecule has 1 aliphatic rings. The van der Waals surface area contributed by atoms with Crippen LogP contribution in [-0.4, -0.2) is 43.1 Å². The van der Waals surface area contributed by atoms with Crippen LogP contribution in [0.25, 0.3) is 11.0 Å². The molecular formula is C20H19BN2O4S2. The normalized spacial score (nSPS) is 16.7. The fourth-order valence-corrected chi connectivity index (χ4v) is 6.09. The largest absolute Gasteiger partial charge is 0.481 e. The van der Waals surface area contributed by atoms with Gasteiger partial charge < -0.3 is 9.67 Å². The van der Waals surface area contributed by atoms with Gasteiger partial charge in [-0.1, -0.05) is 29.4 Å². The predicted octanol–water partition coefficient (Wildman–Crippen LogP) is 2.74. The van der Waals surface area contributed by atoms with Crippen molar-refractivity contribution in [2.24, 2.45) is 0 Å². The molecule has 0 saturated heterocycles. The van der Waals surface area contributed by atoms with E-state index in [2.05, 4.69) is 4.98 Å². The molecule has 148 valence electrons. The van der Waals surface area contributed by atoms with Crippen molar-refractivity contribution in [2.75, 3.05) is 6.26 Å². The molecule has 0 amide bonds. The first-order valence-corrected chi connectivity index (χ1v) is 11.9. The topological polar surface area (TPSA) is 89.3 Å². The number of aryl methyl sites for hydroxylation is 1. The van der Waals surface area contributed by atoms with E-state index in [0.717, 1.165) is 28.3 Å². The van der Waals surface area contributed by atoms with E-state index in [1.807, 2.05) is 16.7 Å². The highest BCUT2D eigenvalue weighted by Gasteiger charge is 2.32. The number of fused-ring (bicyclic) bond motifs is 3. The summed E-state index contributed by atoms with van der Waals surface area (Å²) < 4.78 is 27.0. The average Bonchev–Trinajstić information content (AvgIpc) is 2.97. The van der Waals surface area contributed by atoms with Crippen molar-refractivity contribution < 1.29 is 18.3 Å². The van der Waals surface area contributed by atoms with Crippen molar-refractivity contribution in [3.63, 3.8) is 0 Å². The van der Waals surface area contributed by atoms with Gasteiger partial charge in [-0.2, -0.15) is 0 Å². The van der Waals surface area contributed by atoms with Gasteiger partial charge in [-0.25, -0.2) is 13.4 Å². The number of benzene rings is 1. The maximum atomic E-state index is 12.5. The molecule has 2 radical (unpaired) electrons. The second kappa shape index (κ2) is 7.53. The molecule has 1 aliphatic heterocycles. The number of carboxylic acid groups (broad SMARTS) is 1. The van der Waals surface area contributed by atoms with Crippen molar-refractivity contribution in [1.29, 1.82) is 0 Å². The van der Waals surface area contributed by atoms with E-state index in [4.69, 9.17) is 7.85 Å². The second-order valence-electron chi connectivity index (χ2n) is 7.25. The molecular weight excluding hydrogens is 407 g/mol. The van der Waals surface area contributed by atoms with Crippen LogP contribution in [0, 0.1) is 0 Å². The molecule has 1 aromatic carbocycles. The first-order valence-electron chi connectivity index (χ1n) is 9.22. The zero-order valence-corrected chi connectivity index (χ0v) is 17.5. The van der Waals surface area contributed by atoms with Gasteiger partial charge in [-0.05, 0) is 31.0 Å². The van der Waals surface area contributed by atoms with Gasteiger partial charge >= 0.3 is 5.97 Å². The number of rotatable bonds is 5. The monoisotopic (exact) mass is 426 g/mol. The maximum absolute atomic E-state index is 12.5. The first kappa shape index (κ1) is 20.0. The molecule has 1 atom stereocenters. The van der Waals surface area contributed by atoms with Crippen LogP contribution in [0.5, 0.6) is 0 Å². The summed E-state index contributed by atoms with van der Waals surface area (Å²) in [7, 11) is 2.30. The summed E-state index contributed by atoms with van der Waals surface area (Å²) in [6.07, 6.45) is 4.26. The van der Waals surface area contributed by atoms with Crippen LogP contribution in [0.4, 0.5) is 0 Å². The molecule has 3 heterocycles. The Morgan fingerprint density at radius 3 is 2.69 bits per heavy atom. The Kier molecular flexibility index (Phi) is 5.20. The lowest BCUT2D eigenvalue weighted by Gasteiger charge is -2.25. The van der Waals surface area contributed by atoms with Gasteiger partial charge in [0, 0.05) is 40.4 Å².